The normalized spacial score (nSPS) is 11.7. The minimum atomic E-state index is -0.916. The van der Waals surface area contributed by atoms with Crippen molar-refractivity contribution in [3.8, 4) is 101 Å². The van der Waals surface area contributed by atoms with E-state index in [1.165, 1.54) is 99.1 Å². The summed E-state index contributed by atoms with van der Waals surface area (Å²) in [7, 11) is 0. The van der Waals surface area contributed by atoms with E-state index in [-0.39, 0.29) is 0 Å². The van der Waals surface area contributed by atoms with Crippen molar-refractivity contribution in [2.24, 2.45) is 0 Å². The molecule has 0 saturated carbocycles. The zero-order valence-corrected chi connectivity index (χ0v) is 59.0. The van der Waals surface area contributed by atoms with Crippen LogP contribution in [0.1, 0.15) is 27.8 Å². The maximum Gasteiger partial charge on any atom is 0.0991 e. The fourth-order valence-electron chi connectivity index (χ4n) is 17.0. The Labute approximate surface area is 627 Å². The van der Waals surface area contributed by atoms with Crippen LogP contribution in [0.4, 0.5) is 0 Å². The minimum absolute atomic E-state index is 0.629. The topological polar surface area (TPSA) is 38.6 Å². The molecule has 0 radical (unpaired) electrons. The summed E-state index contributed by atoms with van der Waals surface area (Å²) in [4.78, 5) is 0. The van der Waals surface area contributed by atoms with Gasteiger partial charge in [0.05, 0.1) is 50.1 Å². The lowest BCUT2D eigenvalue weighted by Crippen LogP contribution is -2.31. The first kappa shape index (κ1) is 63.3. The highest BCUT2D eigenvalue weighted by Crippen LogP contribution is 2.49. The Bertz CT molecular complexity index is 5940. The van der Waals surface area contributed by atoms with Gasteiger partial charge in [-0.05, 0) is 221 Å². The third kappa shape index (κ3) is 10.8. The molecule has 0 N–H and O–H groups in total. The molecule has 17 aromatic carbocycles. The van der Waals surface area contributed by atoms with Crippen LogP contribution in [0.3, 0.4) is 0 Å². The molecule has 4 nitrogen and oxygen atoms in total. The number of aromatic nitrogens is 3. The first-order valence-electron chi connectivity index (χ1n) is 37.0. The van der Waals surface area contributed by atoms with Crippen molar-refractivity contribution in [2.75, 3.05) is 0 Å². The van der Waals surface area contributed by atoms with Gasteiger partial charge in [-0.25, -0.2) is 0 Å². The van der Waals surface area contributed by atoms with Crippen LogP contribution in [0.25, 0.3) is 160 Å². The van der Waals surface area contributed by atoms with Crippen LogP contribution < -0.4 is 0 Å². The summed E-state index contributed by atoms with van der Waals surface area (Å²) < 4.78 is 7.35. The predicted octanol–water partition coefficient (Wildman–Crippen LogP) is 26.9. The van der Waals surface area contributed by atoms with Gasteiger partial charge < -0.3 is 13.7 Å². The zero-order chi connectivity index (χ0) is 71.7. The number of nitriles is 1. The third-order valence-electron chi connectivity index (χ3n) is 22.3. The van der Waals surface area contributed by atoms with E-state index in [4.69, 9.17) is 0 Å². The second-order valence-corrected chi connectivity index (χ2v) is 28.3. The Hall–Kier alpha value is -14.4. The predicted molar refractivity (Wildman–Crippen MR) is 451 cm³/mol. The molecule has 0 saturated heterocycles. The molecule has 0 unspecified atom stereocenters. The lowest BCUT2D eigenvalue weighted by Gasteiger charge is -2.37. The average molecular weight is 1370 g/mol. The Morgan fingerprint density at radius 2 is 0.352 bits per heavy atom. The van der Waals surface area contributed by atoms with E-state index in [1.54, 1.807) is 0 Å². The van der Waals surface area contributed by atoms with Gasteiger partial charge in [0.15, 0.2) is 0 Å². The highest BCUT2D eigenvalue weighted by Gasteiger charge is 2.39. The molecule has 0 atom stereocenters. The summed E-state index contributed by atoms with van der Waals surface area (Å²) in [6.07, 6.45) is 0. The van der Waals surface area contributed by atoms with Crippen molar-refractivity contribution in [1.29, 1.82) is 5.26 Å². The summed E-state index contributed by atoms with van der Waals surface area (Å²) in [6, 6.07) is 154. The average Bonchev–Trinajstić information content (AvgIpc) is 1.16. The van der Waals surface area contributed by atoms with E-state index in [9.17, 15) is 5.26 Å². The lowest BCUT2D eigenvalue weighted by molar-refractivity contribution is 0.744. The van der Waals surface area contributed by atoms with Gasteiger partial charge >= 0.3 is 0 Å². The molecule has 0 amide bonds. The van der Waals surface area contributed by atoms with E-state index in [1.807, 2.05) is 12.1 Å². The lowest BCUT2D eigenvalue weighted by atomic mass is 9.65. The van der Waals surface area contributed by atoms with Crippen molar-refractivity contribution in [3.63, 3.8) is 0 Å². The Kier molecular flexibility index (Phi) is 15.5. The van der Waals surface area contributed by atoms with Crippen LogP contribution in [-0.2, 0) is 5.41 Å². The van der Waals surface area contributed by atoms with E-state index >= 15 is 0 Å². The molecule has 0 aliphatic rings. The highest BCUT2D eigenvalue weighted by molar-refractivity contribution is 6.14. The Balaban J connectivity index is 0.807. The second-order valence-electron chi connectivity index (χ2n) is 28.3. The summed E-state index contributed by atoms with van der Waals surface area (Å²) in [5.74, 6) is 0. The van der Waals surface area contributed by atoms with Crippen molar-refractivity contribution >= 4 is 65.4 Å². The van der Waals surface area contributed by atoms with Gasteiger partial charge in [0.2, 0.25) is 0 Å². The van der Waals surface area contributed by atoms with E-state index in [0.29, 0.717) is 5.56 Å². The molecular weight excluding hydrogens is 1310 g/mol. The molecule has 504 valence electrons. The van der Waals surface area contributed by atoms with Crippen molar-refractivity contribution in [3.05, 3.63) is 440 Å². The van der Waals surface area contributed by atoms with Crippen LogP contribution in [0.5, 0.6) is 0 Å². The van der Waals surface area contributed by atoms with Gasteiger partial charge in [0.1, 0.15) is 0 Å². The number of benzene rings is 17. The highest BCUT2D eigenvalue weighted by atomic mass is 15.0. The second kappa shape index (κ2) is 26.4. The van der Waals surface area contributed by atoms with Crippen LogP contribution >= 0.6 is 0 Å². The first-order chi connectivity index (χ1) is 53.5. The number of rotatable bonds is 14. The molecule has 4 heteroatoms. The van der Waals surface area contributed by atoms with Crippen LogP contribution in [0, 0.1) is 11.3 Å². The minimum Gasteiger partial charge on any atom is -0.309 e. The van der Waals surface area contributed by atoms with Gasteiger partial charge in [-0.1, -0.05) is 291 Å². The number of hydrogen-bond donors (Lipinski definition) is 0. The molecule has 20 aromatic rings. The molecule has 0 spiro atoms. The zero-order valence-electron chi connectivity index (χ0n) is 59.0. The summed E-state index contributed by atoms with van der Waals surface area (Å²) in [6.45, 7) is 0. The molecule has 0 aliphatic heterocycles. The van der Waals surface area contributed by atoms with Gasteiger partial charge in [-0.15, -0.1) is 0 Å². The Morgan fingerprint density at radius 3 is 0.556 bits per heavy atom. The molecule has 3 aromatic heterocycles. The molecule has 3 heterocycles. The standard InChI is InChI=1S/C104H68N4/c105-69-70-31-33-77(34-32-70)78-35-43-85(44-36-78)104(86-45-51-89(52-46-86)106-98-57-37-79(71-19-7-1-8-20-71)63-92(98)93-64-80(38-58-99(93)106)72-21-9-2-10-22-72,87-47-53-90(54-48-87)107-100-59-39-81(73-23-11-3-12-24-73)65-94(100)95-66-82(40-60-101(95)107)74-25-13-4-14-26-74)88-49-55-91(56-50-88)108-102-61-41-83(75-27-15-5-16-28-75)67-96(102)97-68-84(42-62-103(97)108)76-29-17-6-18-30-76/h1-68H. The summed E-state index contributed by atoms with van der Waals surface area (Å²) in [5, 5.41) is 17.0. The maximum absolute atomic E-state index is 9.88. The summed E-state index contributed by atoms with van der Waals surface area (Å²) >= 11 is 0. The fourth-order valence-corrected chi connectivity index (χ4v) is 17.0. The quantitative estimate of drug-likeness (QED) is 0.100. The molecule has 0 bridgehead atoms. The fraction of sp³-hybridized carbons (Fsp3) is 0.00962. The number of nitrogens with zero attached hydrogens (tertiary/aromatic N) is 4. The Morgan fingerprint density at radius 1 is 0.176 bits per heavy atom. The van der Waals surface area contributed by atoms with Crippen molar-refractivity contribution in [1.82, 2.24) is 13.7 Å². The first-order valence-corrected chi connectivity index (χ1v) is 37.0. The van der Waals surface area contributed by atoms with Gasteiger partial charge in [0.25, 0.3) is 0 Å². The molecule has 0 aliphatic carbocycles. The monoisotopic (exact) mass is 1370 g/mol. The number of fused-ring (bicyclic) bond motifs is 9. The van der Waals surface area contributed by atoms with Crippen LogP contribution in [0.2, 0.25) is 0 Å². The largest absolute Gasteiger partial charge is 0.309 e. The molecule has 0 fully saturated rings. The van der Waals surface area contributed by atoms with Crippen LogP contribution in [0.15, 0.2) is 413 Å². The summed E-state index contributed by atoms with van der Waals surface area (Å²) in [5.41, 5.74) is 30.3. The SMILES string of the molecule is N#Cc1ccc(-c2ccc(C(c3ccc(-n4c5ccc(-c6ccccc6)cc5c5cc(-c6ccccc6)ccc54)cc3)(c3ccc(-n4c5ccc(-c6ccccc6)cc5c5cc(-c6ccccc6)ccc54)cc3)c3ccc(-n4c5ccc(-c6ccccc6)cc5c5cc(-c6ccccc6)ccc54)cc3)cc2)cc1. The third-order valence-corrected chi connectivity index (χ3v) is 22.3. The smallest absolute Gasteiger partial charge is 0.0991 e. The van der Waals surface area contributed by atoms with Crippen molar-refractivity contribution < 1.29 is 0 Å². The van der Waals surface area contributed by atoms with E-state index in [2.05, 4.69) is 420 Å². The molecule has 108 heavy (non-hydrogen) atoms. The molecular formula is C104H68N4. The molecule has 20 rings (SSSR count). The maximum atomic E-state index is 9.88. The van der Waals surface area contributed by atoms with E-state index < -0.39 is 5.41 Å². The van der Waals surface area contributed by atoms with Gasteiger partial charge in [0, 0.05) is 49.4 Å². The van der Waals surface area contributed by atoms with E-state index in [0.717, 1.165) is 83.5 Å². The van der Waals surface area contributed by atoms with Gasteiger partial charge in [-0.2, -0.15) is 5.26 Å². The van der Waals surface area contributed by atoms with Gasteiger partial charge in [-0.3, -0.25) is 0 Å². The van der Waals surface area contributed by atoms with Crippen LogP contribution in [-0.4, -0.2) is 13.7 Å². The number of hydrogen-bond acceptors (Lipinski definition) is 1. The van der Waals surface area contributed by atoms with Crippen molar-refractivity contribution in [2.45, 2.75) is 5.41 Å².